The third-order valence-electron chi connectivity index (χ3n) is 4.74. The molecule has 0 amide bonds. The fraction of sp³-hybridized carbons (Fsp3) is 0.579. The second-order valence-electron chi connectivity index (χ2n) is 6.13. The maximum absolute atomic E-state index is 6.26. The van der Waals surface area contributed by atoms with E-state index in [1.165, 1.54) is 5.56 Å². The molecule has 1 heterocycles. The van der Waals surface area contributed by atoms with Crippen molar-refractivity contribution in [3.05, 3.63) is 48.6 Å². The molecule has 0 N–H and O–H groups in total. The predicted molar refractivity (Wildman–Crippen MR) is 87.1 cm³/mol. The van der Waals surface area contributed by atoms with Crippen LogP contribution in [0.5, 0.6) is 0 Å². The average Bonchev–Trinajstić information content (AvgIpc) is 2.51. The molecule has 1 aliphatic rings. The minimum atomic E-state index is 0.127. The molecule has 21 heavy (non-hydrogen) atoms. The molecule has 5 atom stereocenters. The van der Waals surface area contributed by atoms with Crippen LogP contribution >= 0.6 is 0 Å². The molecule has 0 unspecified atom stereocenters. The van der Waals surface area contributed by atoms with Gasteiger partial charge in [-0.1, -0.05) is 57.2 Å². The summed E-state index contributed by atoms with van der Waals surface area (Å²) in [6.45, 7) is 11.3. The van der Waals surface area contributed by atoms with Gasteiger partial charge in [-0.05, 0) is 30.2 Å². The zero-order chi connectivity index (χ0) is 15.2. The first-order chi connectivity index (χ1) is 10.2. The topological polar surface area (TPSA) is 18.5 Å². The molecule has 0 spiro atoms. The maximum atomic E-state index is 6.26. The van der Waals surface area contributed by atoms with Gasteiger partial charge < -0.3 is 9.47 Å². The van der Waals surface area contributed by atoms with Crippen molar-refractivity contribution in [3.63, 3.8) is 0 Å². The maximum Gasteiger partial charge on any atom is 0.0877 e. The standard InChI is InChI=1S/C19H28O2/c1-5-10-18-19(15(4)14(3)17(6-2)21-18)20-13-16-11-8-7-9-12-16/h5,7-9,11-12,14-15,17-19H,1,6,10,13H2,2-4H3/t14-,15-,17+,18+,19+/m0/s1. The molecule has 1 aromatic carbocycles. The van der Waals surface area contributed by atoms with Crippen LogP contribution in [0.25, 0.3) is 0 Å². The van der Waals surface area contributed by atoms with Gasteiger partial charge >= 0.3 is 0 Å². The van der Waals surface area contributed by atoms with Crippen LogP contribution in [0.4, 0.5) is 0 Å². The normalized spacial score (nSPS) is 32.8. The van der Waals surface area contributed by atoms with E-state index in [1.54, 1.807) is 0 Å². The molecule has 0 bridgehead atoms. The highest BCUT2D eigenvalue weighted by Crippen LogP contribution is 2.35. The molecule has 0 radical (unpaired) electrons. The average molecular weight is 288 g/mol. The lowest BCUT2D eigenvalue weighted by Crippen LogP contribution is -2.50. The predicted octanol–water partition coefficient (Wildman–Crippen LogP) is 4.60. The van der Waals surface area contributed by atoms with E-state index in [4.69, 9.17) is 9.47 Å². The Balaban J connectivity index is 2.04. The summed E-state index contributed by atoms with van der Waals surface area (Å²) in [7, 11) is 0. The first-order valence-corrected chi connectivity index (χ1v) is 8.09. The van der Waals surface area contributed by atoms with Gasteiger partial charge in [0.2, 0.25) is 0 Å². The number of hydrogen-bond donors (Lipinski definition) is 0. The van der Waals surface area contributed by atoms with E-state index >= 15 is 0 Å². The molecule has 2 nitrogen and oxygen atoms in total. The Morgan fingerprint density at radius 2 is 1.86 bits per heavy atom. The highest BCUT2D eigenvalue weighted by atomic mass is 16.5. The van der Waals surface area contributed by atoms with Crippen molar-refractivity contribution >= 4 is 0 Å². The van der Waals surface area contributed by atoms with Crippen molar-refractivity contribution < 1.29 is 9.47 Å². The molecule has 0 saturated carbocycles. The van der Waals surface area contributed by atoms with Crippen molar-refractivity contribution in [2.45, 2.75) is 58.5 Å². The Bertz CT molecular complexity index is 428. The monoisotopic (exact) mass is 288 g/mol. The largest absolute Gasteiger partial charge is 0.372 e. The van der Waals surface area contributed by atoms with Crippen molar-refractivity contribution in [1.82, 2.24) is 0 Å². The zero-order valence-corrected chi connectivity index (χ0v) is 13.5. The number of ether oxygens (including phenoxy) is 2. The lowest BCUT2D eigenvalue weighted by Gasteiger charge is -2.44. The highest BCUT2D eigenvalue weighted by molar-refractivity contribution is 5.13. The minimum absolute atomic E-state index is 0.127. The molecule has 1 fully saturated rings. The van der Waals surface area contributed by atoms with Gasteiger partial charge in [0.15, 0.2) is 0 Å². The molecule has 1 aliphatic heterocycles. The number of hydrogen-bond acceptors (Lipinski definition) is 2. The molecule has 1 saturated heterocycles. The summed E-state index contributed by atoms with van der Waals surface area (Å²) in [5.41, 5.74) is 1.22. The van der Waals surface area contributed by atoms with Crippen molar-refractivity contribution in [1.29, 1.82) is 0 Å². The Kier molecular flexibility index (Phi) is 6.01. The molecule has 116 valence electrons. The third-order valence-corrected chi connectivity index (χ3v) is 4.74. The van der Waals surface area contributed by atoms with Crippen LogP contribution in [0.3, 0.4) is 0 Å². The van der Waals surface area contributed by atoms with Gasteiger partial charge in [0.05, 0.1) is 24.9 Å². The van der Waals surface area contributed by atoms with Crippen molar-refractivity contribution in [2.75, 3.05) is 0 Å². The lowest BCUT2D eigenvalue weighted by atomic mass is 9.79. The fourth-order valence-electron chi connectivity index (χ4n) is 3.25. The first-order valence-electron chi connectivity index (χ1n) is 8.09. The number of benzene rings is 1. The van der Waals surface area contributed by atoms with E-state index in [0.717, 1.165) is 12.8 Å². The Morgan fingerprint density at radius 3 is 2.48 bits per heavy atom. The summed E-state index contributed by atoms with van der Waals surface area (Å²) in [5, 5.41) is 0. The summed E-state index contributed by atoms with van der Waals surface area (Å²) in [6, 6.07) is 10.3. The van der Waals surface area contributed by atoms with E-state index in [9.17, 15) is 0 Å². The van der Waals surface area contributed by atoms with Crippen LogP contribution in [0.2, 0.25) is 0 Å². The first kappa shape index (κ1) is 16.3. The third kappa shape index (κ3) is 3.96. The van der Waals surface area contributed by atoms with E-state index in [1.807, 2.05) is 12.1 Å². The molecule has 1 aromatic rings. The quantitative estimate of drug-likeness (QED) is 0.712. The summed E-state index contributed by atoms with van der Waals surface area (Å²) >= 11 is 0. The van der Waals surface area contributed by atoms with Gasteiger partial charge in [0.25, 0.3) is 0 Å². The molecular weight excluding hydrogens is 260 g/mol. The van der Waals surface area contributed by atoms with Gasteiger partial charge in [-0.15, -0.1) is 6.58 Å². The molecule has 0 aromatic heterocycles. The number of rotatable bonds is 6. The second kappa shape index (κ2) is 7.77. The fourth-order valence-corrected chi connectivity index (χ4v) is 3.25. The van der Waals surface area contributed by atoms with Gasteiger partial charge in [0.1, 0.15) is 0 Å². The van der Waals surface area contributed by atoms with Crippen LogP contribution in [0.1, 0.15) is 39.2 Å². The van der Waals surface area contributed by atoms with Crippen molar-refractivity contribution in [2.24, 2.45) is 11.8 Å². The molecule has 2 rings (SSSR count). The lowest BCUT2D eigenvalue weighted by molar-refractivity contribution is -0.189. The highest BCUT2D eigenvalue weighted by Gasteiger charge is 2.40. The van der Waals surface area contributed by atoms with Gasteiger partial charge in [0, 0.05) is 0 Å². The smallest absolute Gasteiger partial charge is 0.0877 e. The second-order valence-corrected chi connectivity index (χ2v) is 6.13. The van der Waals surface area contributed by atoms with E-state index in [-0.39, 0.29) is 12.2 Å². The van der Waals surface area contributed by atoms with E-state index in [2.05, 4.69) is 51.6 Å². The SMILES string of the molecule is C=CC[C@H]1O[C@H](CC)[C@@H](C)[C@H](C)[C@H]1OCc1ccccc1. The summed E-state index contributed by atoms with van der Waals surface area (Å²) in [5.74, 6) is 1.02. The van der Waals surface area contributed by atoms with Gasteiger partial charge in [-0.3, -0.25) is 0 Å². The van der Waals surface area contributed by atoms with Gasteiger partial charge in [-0.2, -0.15) is 0 Å². The van der Waals surface area contributed by atoms with Crippen LogP contribution < -0.4 is 0 Å². The molecular formula is C19H28O2. The Hall–Kier alpha value is -1.12. The van der Waals surface area contributed by atoms with Crippen LogP contribution in [-0.4, -0.2) is 18.3 Å². The molecule has 2 heteroatoms. The van der Waals surface area contributed by atoms with Crippen molar-refractivity contribution in [3.8, 4) is 0 Å². The zero-order valence-electron chi connectivity index (χ0n) is 13.5. The molecule has 0 aliphatic carbocycles. The van der Waals surface area contributed by atoms with Crippen LogP contribution in [-0.2, 0) is 16.1 Å². The summed E-state index contributed by atoms with van der Waals surface area (Å²) in [6.07, 6.45) is 4.46. The van der Waals surface area contributed by atoms with Crippen LogP contribution in [0.15, 0.2) is 43.0 Å². The summed E-state index contributed by atoms with van der Waals surface area (Å²) in [4.78, 5) is 0. The summed E-state index contributed by atoms with van der Waals surface area (Å²) < 4.78 is 12.5. The van der Waals surface area contributed by atoms with Crippen LogP contribution in [0, 0.1) is 11.8 Å². The van der Waals surface area contributed by atoms with E-state index < -0.39 is 0 Å². The van der Waals surface area contributed by atoms with Gasteiger partial charge in [-0.25, -0.2) is 0 Å². The minimum Gasteiger partial charge on any atom is -0.372 e. The van der Waals surface area contributed by atoms with E-state index in [0.29, 0.717) is 24.5 Å². The Morgan fingerprint density at radius 1 is 1.14 bits per heavy atom. The Labute approximate surface area is 129 Å².